The van der Waals surface area contributed by atoms with E-state index in [1.54, 1.807) is 0 Å². The van der Waals surface area contributed by atoms with Gasteiger partial charge in [-0.3, -0.25) is 0 Å². The molecular formula is C11H10Br2N2O. The second-order valence-corrected chi connectivity index (χ2v) is 5.15. The van der Waals surface area contributed by atoms with Crippen molar-refractivity contribution in [2.45, 2.75) is 19.8 Å². The van der Waals surface area contributed by atoms with Crippen molar-refractivity contribution in [2.24, 2.45) is 0 Å². The zero-order valence-electron chi connectivity index (χ0n) is 8.70. The molecule has 0 aliphatic carbocycles. The number of halogens is 2. The third kappa shape index (κ3) is 2.52. The topological polar surface area (TPSA) is 38.9 Å². The molecule has 0 aliphatic heterocycles. The highest BCUT2D eigenvalue weighted by atomic mass is 79.9. The molecule has 1 aromatic heterocycles. The van der Waals surface area contributed by atoms with Gasteiger partial charge in [0.2, 0.25) is 11.8 Å². The Balaban J connectivity index is 2.35. The van der Waals surface area contributed by atoms with Gasteiger partial charge in [-0.1, -0.05) is 22.9 Å². The standard InChI is InChI=1S/C11H10Br2N2O/c1-2-3-10-14-15-11(16-10)8-5-4-7(12)6-9(8)13/h4-6H,2-3H2,1H3. The van der Waals surface area contributed by atoms with Gasteiger partial charge >= 0.3 is 0 Å². The molecule has 0 radical (unpaired) electrons. The molecule has 0 bridgehead atoms. The molecule has 0 N–H and O–H groups in total. The predicted molar refractivity (Wildman–Crippen MR) is 69.1 cm³/mol. The van der Waals surface area contributed by atoms with Crippen molar-refractivity contribution in [3.8, 4) is 11.5 Å². The Morgan fingerprint density at radius 1 is 1.25 bits per heavy atom. The summed E-state index contributed by atoms with van der Waals surface area (Å²) in [6, 6.07) is 5.85. The fourth-order valence-electron chi connectivity index (χ4n) is 1.34. The summed E-state index contributed by atoms with van der Waals surface area (Å²) in [7, 11) is 0. The van der Waals surface area contributed by atoms with Crippen molar-refractivity contribution in [1.29, 1.82) is 0 Å². The second-order valence-electron chi connectivity index (χ2n) is 3.38. The number of hydrogen-bond acceptors (Lipinski definition) is 3. The van der Waals surface area contributed by atoms with Crippen molar-refractivity contribution >= 4 is 31.9 Å². The predicted octanol–water partition coefficient (Wildman–Crippen LogP) is 4.21. The zero-order chi connectivity index (χ0) is 11.5. The van der Waals surface area contributed by atoms with Crippen molar-refractivity contribution in [2.75, 3.05) is 0 Å². The SMILES string of the molecule is CCCc1nnc(-c2ccc(Br)cc2Br)o1. The van der Waals surface area contributed by atoms with Crippen LogP contribution in [0.1, 0.15) is 19.2 Å². The Bertz CT molecular complexity index is 496. The molecule has 2 aromatic rings. The summed E-state index contributed by atoms with van der Waals surface area (Å²) >= 11 is 6.88. The first-order valence-corrected chi connectivity index (χ1v) is 6.57. The highest BCUT2D eigenvalue weighted by Gasteiger charge is 2.11. The molecule has 16 heavy (non-hydrogen) atoms. The van der Waals surface area contributed by atoms with Crippen LogP contribution in [0.5, 0.6) is 0 Å². The monoisotopic (exact) mass is 344 g/mol. The molecule has 0 saturated carbocycles. The summed E-state index contributed by atoms with van der Waals surface area (Å²) in [6.45, 7) is 2.08. The van der Waals surface area contributed by atoms with Gasteiger partial charge in [0, 0.05) is 15.4 Å². The molecule has 0 spiro atoms. The van der Waals surface area contributed by atoms with E-state index in [0.29, 0.717) is 11.8 Å². The highest BCUT2D eigenvalue weighted by Crippen LogP contribution is 2.29. The molecule has 2 rings (SSSR count). The molecule has 84 valence electrons. The fraction of sp³-hybridized carbons (Fsp3) is 0.273. The van der Waals surface area contributed by atoms with Crippen LogP contribution in [0.25, 0.3) is 11.5 Å². The molecular weight excluding hydrogens is 336 g/mol. The summed E-state index contributed by atoms with van der Waals surface area (Å²) in [5.41, 5.74) is 0.915. The van der Waals surface area contributed by atoms with Gasteiger partial charge in [-0.2, -0.15) is 0 Å². The van der Waals surface area contributed by atoms with Gasteiger partial charge < -0.3 is 4.42 Å². The quantitative estimate of drug-likeness (QED) is 0.836. The van der Waals surface area contributed by atoms with E-state index in [-0.39, 0.29) is 0 Å². The van der Waals surface area contributed by atoms with Gasteiger partial charge in [-0.05, 0) is 40.5 Å². The van der Waals surface area contributed by atoms with Crippen LogP contribution in [0.3, 0.4) is 0 Å². The van der Waals surface area contributed by atoms with E-state index < -0.39 is 0 Å². The third-order valence-corrected chi connectivity index (χ3v) is 3.24. The third-order valence-electron chi connectivity index (χ3n) is 2.09. The van der Waals surface area contributed by atoms with Gasteiger partial charge in [0.05, 0.1) is 5.56 Å². The van der Waals surface area contributed by atoms with Crippen LogP contribution >= 0.6 is 31.9 Å². The Morgan fingerprint density at radius 2 is 2.06 bits per heavy atom. The average molecular weight is 346 g/mol. The smallest absolute Gasteiger partial charge is 0.248 e. The minimum Gasteiger partial charge on any atom is -0.421 e. The number of hydrogen-bond donors (Lipinski definition) is 0. The fourth-order valence-corrected chi connectivity index (χ4v) is 2.56. The largest absolute Gasteiger partial charge is 0.421 e. The van der Waals surface area contributed by atoms with Crippen LogP contribution in [0.2, 0.25) is 0 Å². The van der Waals surface area contributed by atoms with E-state index in [2.05, 4.69) is 49.0 Å². The average Bonchev–Trinajstić information content (AvgIpc) is 2.67. The lowest BCUT2D eigenvalue weighted by Gasteiger charge is -1.99. The highest BCUT2D eigenvalue weighted by molar-refractivity contribution is 9.11. The van der Waals surface area contributed by atoms with Gasteiger partial charge in [-0.15, -0.1) is 10.2 Å². The summed E-state index contributed by atoms with van der Waals surface area (Å²) < 4.78 is 7.51. The van der Waals surface area contributed by atoms with Crippen LogP contribution in [-0.4, -0.2) is 10.2 Å². The maximum absolute atomic E-state index is 5.56. The number of nitrogens with zero attached hydrogens (tertiary/aromatic N) is 2. The minimum absolute atomic E-state index is 0.558. The Labute approximate surface area is 111 Å². The minimum atomic E-state index is 0.558. The molecule has 3 nitrogen and oxygen atoms in total. The molecule has 1 aromatic carbocycles. The Hall–Kier alpha value is -0.680. The van der Waals surface area contributed by atoms with Crippen LogP contribution in [-0.2, 0) is 6.42 Å². The van der Waals surface area contributed by atoms with E-state index >= 15 is 0 Å². The van der Waals surface area contributed by atoms with Crippen molar-refractivity contribution in [3.63, 3.8) is 0 Å². The summed E-state index contributed by atoms with van der Waals surface area (Å²) in [4.78, 5) is 0. The molecule has 0 unspecified atom stereocenters. The van der Waals surface area contributed by atoms with E-state index in [1.807, 2.05) is 18.2 Å². The normalized spacial score (nSPS) is 10.7. The van der Waals surface area contributed by atoms with E-state index in [4.69, 9.17) is 4.42 Å². The van der Waals surface area contributed by atoms with Crippen molar-refractivity contribution < 1.29 is 4.42 Å². The van der Waals surface area contributed by atoms with Gasteiger partial charge in [0.1, 0.15) is 0 Å². The van der Waals surface area contributed by atoms with Crippen molar-refractivity contribution in [1.82, 2.24) is 10.2 Å². The van der Waals surface area contributed by atoms with E-state index in [1.165, 1.54) is 0 Å². The lowest BCUT2D eigenvalue weighted by molar-refractivity contribution is 0.502. The molecule has 0 aliphatic rings. The molecule has 0 amide bonds. The first-order chi connectivity index (χ1) is 7.70. The second kappa shape index (κ2) is 5.10. The number of aromatic nitrogens is 2. The number of aryl methyl sites for hydroxylation is 1. The molecule has 5 heteroatoms. The molecule has 1 heterocycles. The van der Waals surface area contributed by atoms with Crippen molar-refractivity contribution in [3.05, 3.63) is 33.0 Å². The molecule has 0 atom stereocenters. The Kier molecular flexibility index (Phi) is 3.76. The lowest BCUT2D eigenvalue weighted by atomic mass is 10.2. The summed E-state index contributed by atoms with van der Waals surface area (Å²) in [5.74, 6) is 1.25. The lowest BCUT2D eigenvalue weighted by Crippen LogP contribution is -1.80. The van der Waals surface area contributed by atoms with Crippen LogP contribution in [0, 0.1) is 0 Å². The summed E-state index contributed by atoms with van der Waals surface area (Å²) in [5, 5.41) is 8.03. The Morgan fingerprint density at radius 3 is 2.75 bits per heavy atom. The number of rotatable bonds is 3. The zero-order valence-corrected chi connectivity index (χ0v) is 11.9. The first-order valence-electron chi connectivity index (χ1n) is 4.98. The van der Waals surface area contributed by atoms with Crippen LogP contribution < -0.4 is 0 Å². The van der Waals surface area contributed by atoms with E-state index in [9.17, 15) is 0 Å². The molecule has 0 saturated heterocycles. The van der Waals surface area contributed by atoms with Gasteiger partial charge in [0.25, 0.3) is 0 Å². The number of benzene rings is 1. The van der Waals surface area contributed by atoms with Gasteiger partial charge in [-0.25, -0.2) is 0 Å². The van der Waals surface area contributed by atoms with Crippen LogP contribution in [0.4, 0.5) is 0 Å². The molecule has 0 fully saturated rings. The van der Waals surface area contributed by atoms with Crippen LogP contribution in [0.15, 0.2) is 31.6 Å². The maximum Gasteiger partial charge on any atom is 0.248 e. The summed E-state index contributed by atoms with van der Waals surface area (Å²) in [6.07, 6.45) is 1.82. The maximum atomic E-state index is 5.56. The van der Waals surface area contributed by atoms with E-state index in [0.717, 1.165) is 27.4 Å². The first kappa shape index (κ1) is 11.8. The van der Waals surface area contributed by atoms with Gasteiger partial charge in [0.15, 0.2) is 0 Å².